The summed E-state index contributed by atoms with van der Waals surface area (Å²) in [7, 11) is -0.889. The third-order valence-electron chi connectivity index (χ3n) is 12.3. The Morgan fingerprint density at radius 3 is 1.50 bits per heavy atom. The van der Waals surface area contributed by atoms with E-state index in [1.54, 1.807) is 27.6 Å². The molecule has 1 atom stereocenters. The zero-order valence-electron chi connectivity index (χ0n) is 35.4. The van der Waals surface area contributed by atoms with Gasteiger partial charge in [0.05, 0.1) is 4.58 Å². The molecule has 288 valence electrons. The minimum Gasteiger partial charge on any atom is -0.383 e. The summed E-state index contributed by atoms with van der Waals surface area (Å²) < 4.78 is 0.630. The summed E-state index contributed by atoms with van der Waals surface area (Å²) >= 11 is 4.29. The molecule has 0 radical (unpaired) electrons. The van der Waals surface area contributed by atoms with Crippen molar-refractivity contribution in [2.45, 2.75) is 147 Å². The summed E-state index contributed by atoms with van der Waals surface area (Å²) in [5, 5.41) is 8.65. The lowest BCUT2D eigenvalue weighted by molar-refractivity contribution is 0.510. The molecule has 4 heteroatoms. The molecule has 0 saturated carbocycles. The van der Waals surface area contributed by atoms with Crippen molar-refractivity contribution in [1.29, 1.82) is 0 Å². The minimum atomic E-state index is -0.889. The van der Waals surface area contributed by atoms with Crippen LogP contribution in [0.1, 0.15) is 147 Å². The molecule has 0 amide bonds. The topological polar surface area (TPSA) is 12.0 Å². The van der Waals surface area contributed by atoms with E-state index in [0.29, 0.717) is 4.58 Å². The van der Waals surface area contributed by atoms with Crippen LogP contribution in [0.5, 0.6) is 0 Å². The number of thioether (sulfide) groups is 2. The second-order valence-corrected chi connectivity index (χ2v) is 25.6. The molecule has 4 aromatic carbocycles. The molecular formula is C50H66NPS2. The molecule has 2 aliphatic carbocycles. The van der Waals surface area contributed by atoms with Gasteiger partial charge < -0.3 is 5.32 Å². The molecule has 54 heavy (non-hydrogen) atoms. The average molecular weight is 776 g/mol. The van der Waals surface area contributed by atoms with E-state index in [9.17, 15) is 0 Å². The van der Waals surface area contributed by atoms with Gasteiger partial charge >= 0.3 is 0 Å². The predicted molar refractivity (Wildman–Crippen MR) is 246 cm³/mol. The van der Waals surface area contributed by atoms with Crippen LogP contribution in [-0.2, 0) is 39.9 Å². The lowest BCUT2D eigenvalue weighted by Gasteiger charge is -2.35. The molecule has 1 unspecified atom stereocenters. The van der Waals surface area contributed by atoms with Crippen molar-refractivity contribution < 1.29 is 0 Å². The van der Waals surface area contributed by atoms with Crippen LogP contribution in [0.15, 0.2) is 72.8 Å². The SMILES string of the molecule is CC(C)(C)c1cc(P(c2cc(C(C)(C)C)cc(C(C)(C)C)c2)c2cccc3c2C2(CCc4cccc(NCC5SCCCS5)c42)CC3)cc(C(C)(C)C)c1. The first-order chi connectivity index (χ1) is 25.3. The van der Waals surface area contributed by atoms with Gasteiger partial charge in [0.2, 0.25) is 0 Å². The fourth-order valence-electron chi connectivity index (χ4n) is 8.99. The fraction of sp³-hybridized carbons (Fsp3) is 0.520. The normalized spacial score (nSPS) is 19.4. The quantitative estimate of drug-likeness (QED) is 0.196. The molecule has 3 aliphatic rings. The third-order valence-corrected chi connectivity index (χ3v) is 17.6. The van der Waals surface area contributed by atoms with Crippen molar-refractivity contribution in [2.24, 2.45) is 0 Å². The molecule has 7 rings (SSSR count). The Labute approximate surface area is 338 Å². The average Bonchev–Trinajstić information content (AvgIpc) is 3.68. The van der Waals surface area contributed by atoms with Crippen LogP contribution in [0, 0.1) is 0 Å². The minimum absolute atomic E-state index is 0.0290. The van der Waals surface area contributed by atoms with E-state index in [1.807, 2.05) is 0 Å². The van der Waals surface area contributed by atoms with Crippen molar-refractivity contribution in [2.75, 3.05) is 23.4 Å². The highest BCUT2D eigenvalue weighted by atomic mass is 32.2. The Balaban J connectivity index is 1.49. The Morgan fingerprint density at radius 1 is 0.593 bits per heavy atom. The number of fused-ring (bicyclic) bond motifs is 4. The van der Waals surface area contributed by atoms with Gasteiger partial charge in [0.15, 0.2) is 0 Å². The molecular weight excluding hydrogens is 710 g/mol. The summed E-state index contributed by atoms with van der Waals surface area (Å²) in [4.78, 5) is 0. The number of rotatable bonds is 6. The zero-order valence-corrected chi connectivity index (χ0v) is 38.0. The predicted octanol–water partition coefficient (Wildman–Crippen LogP) is 12.4. The zero-order chi connectivity index (χ0) is 38.8. The van der Waals surface area contributed by atoms with Gasteiger partial charge in [-0.25, -0.2) is 0 Å². The van der Waals surface area contributed by atoms with E-state index >= 15 is 0 Å². The Bertz CT molecular complexity index is 1870. The van der Waals surface area contributed by atoms with Crippen molar-refractivity contribution in [3.63, 3.8) is 0 Å². The van der Waals surface area contributed by atoms with Crippen LogP contribution in [0.4, 0.5) is 5.69 Å². The lowest BCUT2D eigenvalue weighted by Crippen LogP contribution is -2.34. The largest absolute Gasteiger partial charge is 0.383 e. The molecule has 1 heterocycles. The van der Waals surface area contributed by atoms with E-state index in [0.717, 1.165) is 19.4 Å². The molecule has 1 saturated heterocycles. The fourth-order valence-corrected chi connectivity index (χ4v) is 14.4. The number of nitrogens with one attached hydrogen (secondary N) is 1. The van der Waals surface area contributed by atoms with Crippen molar-refractivity contribution in [1.82, 2.24) is 0 Å². The van der Waals surface area contributed by atoms with Crippen LogP contribution in [-0.4, -0.2) is 22.6 Å². The molecule has 1 aliphatic heterocycles. The van der Waals surface area contributed by atoms with E-state index in [4.69, 9.17) is 0 Å². The standard InChI is InChI=1S/C50H66NPS2/c1-46(2,3)35-26-36(47(4,5)6)29-39(28-35)52(40-30-37(48(7,8)9)27-38(31-40)49(10,11)12)42-19-14-17-34-21-23-50(45(34)42)22-20-33-16-13-18-41(44(33)50)51-32-43-53-24-15-25-54-43/h13-14,16-19,26-31,43,51H,15,20-25,32H2,1-12H3. The van der Waals surface area contributed by atoms with Crippen molar-refractivity contribution in [3.05, 3.63) is 117 Å². The smallest absolute Gasteiger partial charge is 0.0674 e. The van der Waals surface area contributed by atoms with E-state index in [1.165, 1.54) is 69.3 Å². The number of hydrogen-bond acceptors (Lipinski definition) is 3. The van der Waals surface area contributed by atoms with Crippen LogP contribution in [0.3, 0.4) is 0 Å². The summed E-state index contributed by atoms with van der Waals surface area (Å²) in [5.41, 5.74) is 13.8. The van der Waals surface area contributed by atoms with Crippen molar-refractivity contribution in [3.8, 4) is 0 Å². The Morgan fingerprint density at radius 2 is 1.04 bits per heavy atom. The number of anilines is 1. The van der Waals surface area contributed by atoms with Gasteiger partial charge in [-0.2, -0.15) is 0 Å². The first-order valence-corrected chi connectivity index (χ1v) is 24.0. The third kappa shape index (κ3) is 7.87. The van der Waals surface area contributed by atoms with Crippen LogP contribution in [0.25, 0.3) is 0 Å². The number of benzene rings is 4. The van der Waals surface area contributed by atoms with E-state index in [2.05, 4.69) is 185 Å². The first-order valence-electron chi connectivity index (χ1n) is 20.6. The van der Waals surface area contributed by atoms with Gasteiger partial charge in [-0.3, -0.25) is 0 Å². The van der Waals surface area contributed by atoms with Gasteiger partial charge in [0.1, 0.15) is 0 Å². The van der Waals surface area contributed by atoms with Crippen molar-refractivity contribution >= 4 is 53.0 Å². The highest BCUT2D eigenvalue weighted by Crippen LogP contribution is 2.56. The van der Waals surface area contributed by atoms with Gasteiger partial charge in [-0.1, -0.05) is 150 Å². The Kier molecular flexibility index (Phi) is 10.8. The molecule has 1 N–H and O–H groups in total. The molecule has 0 bridgehead atoms. The van der Waals surface area contributed by atoms with Crippen LogP contribution >= 0.6 is 31.4 Å². The highest BCUT2D eigenvalue weighted by Gasteiger charge is 2.48. The maximum Gasteiger partial charge on any atom is 0.0674 e. The second-order valence-electron chi connectivity index (χ2n) is 20.5. The monoisotopic (exact) mass is 775 g/mol. The maximum atomic E-state index is 4.07. The van der Waals surface area contributed by atoms with E-state index < -0.39 is 7.92 Å². The molecule has 1 spiro atoms. The molecule has 0 aromatic heterocycles. The molecule has 1 nitrogen and oxygen atoms in total. The Hall–Kier alpha value is -2.19. The van der Waals surface area contributed by atoms with Crippen LogP contribution in [0.2, 0.25) is 0 Å². The van der Waals surface area contributed by atoms with Gasteiger partial charge in [0, 0.05) is 17.6 Å². The lowest BCUT2D eigenvalue weighted by atomic mass is 9.76. The highest BCUT2D eigenvalue weighted by molar-refractivity contribution is 8.17. The van der Waals surface area contributed by atoms with Gasteiger partial charge in [0.25, 0.3) is 0 Å². The van der Waals surface area contributed by atoms with Crippen LogP contribution < -0.4 is 21.2 Å². The second kappa shape index (κ2) is 14.6. The van der Waals surface area contributed by atoms with E-state index in [-0.39, 0.29) is 27.1 Å². The number of hydrogen-bond donors (Lipinski definition) is 1. The maximum absolute atomic E-state index is 4.07. The molecule has 4 aromatic rings. The van der Waals surface area contributed by atoms with Gasteiger partial charge in [-0.15, -0.1) is 23.5 Å². The van der Waals surface area contributed by atoms with Gasteiger partial charge in [-0.05, 0) is 140 Å². The summed E-state index contributed by atoms with van der Waals surface area (Å²) in [6.45, 7) is 29.7. The molecule has 1 fully saturated rings. The summed E-state index contributed by atoms with van der Waals surface area (Å²) in [6, 6.07) is 30.0. The first kappa shape index (κ1) is 40.0. The summed E-state index contributed by atoms with van der Waals surface area (Å²) in [6.07, 6.45) is 6.05. The number of aryl methyl sites for hydroxylation is 2. The summed E-state index contributed by atoms with van der Waals surface area (Å²) in [5.74, 6) is 2.58.